The van der Waals surface area contributed by atoms with Crippen molar-refractivity contribution >= 4 is 35.6 Å². The molecule has 0 radical (unpaired) electrons. The van der Waals surface area contributed by atoms with Crippen LogP contribution in [0.4, 0.5) is 14.9 Å². The highest BCUT2D eigenvalue weighted by atomic mass is 19.1. The number of hydrogen-bond donors (Lipinski definition) is 1. The van der Waals surface area contributed by atoms with E-state index in [0.29, 0.717) is 22.5 Å². The van der Waals surface area contributed by atoms with Gasteiger partial charge in [-0.15, -0.1) is 0 Å². The van der Waals surface area contributed by atoms with E-state index in [0.717, 1.165) is 16.7 Å². The van der Waals surface area contributed by atoms with E-state index in [1.807, 2.05) is 17.6 Å². The first kappa shape index (κ1) is 23.6. The SMILES string of the molecule is CCOC(=O)c1cccc(-n2c(C)cc(/C=C3\C(=O)NC(=O)N(c4cccc(F)c4)C3=O)c2C)c1. The largest absolute Gasteiger partial charge is 0.462 e. The molecule has 0 unspecified atom stereocenters. The molecule has 9 heteroatoms. The third-order valence-electron chi connectivity index (χ3n) is 5.55. The zero-order valence-corrected chi connectivity index (χ0v) is 19.3. The first-order valence-corrected chi connectivity index (χ1v) is 10.8. The Morgan fingerprint density at radius 2 is 1.74 bits per heavy atom. The lowest BCUT2D eigenvalue weighted by molar-refractivity contribution is -0.122. The van der Waals surface area contributed by atoms with E-state index < -0.39 is 29.6 Å². The molecule has 1 fully saturated rings. The number of hydrogen-bond acceptors (Lipinski definition) is 5. The first-order valence-electron chi connectivity index (χ1n) is 10.8. The van der Waals surface area contributed by atoms with Crippen LogP contribution in [0.25, 0.3) is 11.8 Å². The number of rotatable bonds is 5. The summed E-state index contributed by atoms with van der Waals surface area (Å²) in [6.45, 7) is 5.63. The fraction of sp³-hybridized carbons (Fsp3) is 0.154. The number of carbonyl (C=O) groups excluding carboxylic acids is 4. The molecule has 1 aromatic heterocycles. The van der Waals surface area contributed by atoms with Crippen LogP contribution in [0.3, 0.4) is 0 Å². The molecule has 3 aromatic rings. The van der Waals surface area contributed by atoms with Crippen LogP contribution in [0.15, 0.2) is 60.2 Å². The summed E-state index contributed by atoms with van der Waals surface area (Å²) in [5.74, 6) is -2.77. The first-order chi connectivity index (χ1) is 16.7. The quantitative estimate of drug-likeness (QED) is 0.341. The van der Waals surface area contributed by atoms with Gasteiger partial charge in [0.2, 0.25) is 0 Å². The molecule has 1 N–H and O–H groups in total. The van der Waals surface area contributed by atoms with Crippen molar-refractivity contribution in [2.45, 2.75) is 20.8 Å². The average Bonchev–Trinajstić information content (AvgIpc) is 3.09. The summed E-state index contributed by atoms with van der Waals surface area (Å²) in [4.78, 5) is 50.9. The number of carbonyl (C=O) groups is 4. The predicted octanol–water partition coefficient (Wildman–Crippen LogP) is 4.08. The number of imide groups is 2. The molecule has 4 rings (SSSR count). The number of aryl methyl sites for hydroxylation is 1. The molecule has 2 aromatic carbocycles. The lowest BCUT2D eigenvalue weighted by Crippen LogP contribution is -2.54. The lowest BCUT2D eigenvalue weighted by Gasteiger charge is -2.26. The molecule has 0 aliphatic carbocycles. The molecule has 8 nitrogen and oxygen atoms in total. The highest BCUT2D eigenvalue weighted by Crippen LogP contribution is 2.26. The van der Waals surface area contributed by atoms with Gasteiger partial charge in [-0.05, 0) is 74.9 Å². The van der Waals surface area contributed by atoms with Crippen LogP contribution in [0.2, 0.25) is 0 Å². The highest BCUT2D eigenvalue weighted by molar-refractivity contribution is 6.39. The Balaban J connectivity index is 1.74. The van der Waals surface area contributed by atoms with Gasteiger partial charge in [0.05, 0.1) is 17.9 Å². The highest BCUT2D eigenvalue weighted by Gasteiger charge is 2.37. The number of benzene rings is 2. The lowest BCUT2D eigenvalue weighted by atomic mass is 10.1. The van der Waals surface area contributed by atoms with Gasteiger partial charge in [0, 0.05) is 17.1 Å². The van der Waals surface area contributed by atoms with Crippen molar-refractivity contribution in [2.75, 3.05) is 11.5 Å². The molecule has 0 bridgehead atoms. The summed E-state index contributed by atoms with van der Waals surface area (Å²) in [6, 6.07) is 12.7. The fourth-order valence-electron chi connectivity index (χ4n) is 3.98. The number of urea groups is 1. The standard InChI is InChI=1S/C26H22FN3O5/c1-4-35-25(33)17-7-5-9-20(12-17)29-15(2)11-18(16(29)3)13-22-23(31)28-26(34)30(24(22)32)21-10-6-8-19(27)14-21/h5-14H,4H2,1-3H3,(H,28,31,34)/b22-13+. The zero-order chi connectivity index (χ0) is 25.3. The molecular formula is C26H22FN3O5. The summed E-state index contributed by atoms with van der Waals surface area (Å²) in [5.41, 5.74) is 2.88. The van der Waals surface area contributed by atoms with Crippen molar-refractivity contribution in [3.05, 3.63) is 88.5 Å². The molecular weight excluding hydrogens is 453 g/mol. The molecule has 0 atom stereocenters. The third-order valence-corrected chi connectivity index (χ3v) is 5.55. The summed E-state index contributed by atoms with van der Waals surface area (Å²) < 4.78 is 20.6. The zero-order valence-electron chi connectivity index (χ0n) is 19.3. The normalized spacial score (nSPS) is 14.9. The predicted molar refractivity (Wildman–Crippen MR) is 127 cm³/mol. The second-order valence-electron chi connectivity index (χ2n) is 7.87. The van der Waals surface area contributed by atoms with Crippen molar-refractivity contribution < 1.29 is 28.3 Å². The molecule has 0 spiro atoms. The van der Waals surface area contributed by atoms with Gasteiger partial charge in [0.25, 0.3) is 11.8 Å². The van der Waals surface area contributed by atoms with Crippen LogP contribution >= 0.6 is 0 Å². The maximum absolute atomic E-state index is 13.7. The Morgan fingerprint density at radius 1 is 1.03 bits per heavy atom. The monoisotopic (exact) mass is 475 g/mol. The number of aromatic nitrogens is 1. The van der Waals surface area contributed by atoms with Gasteiger partial charge >= 0.3 is 12.0 Å². The van der Waals surface area contributed by atoms with Crippen molar-refractivity contribution in [2.24, 2.45) is 0 Å². The van der Waals surface area contributed by atoms with Crippen molar-refractivity contribution in [1.29, 1.82) is 0 Å². The summed E-state index contributed by atoms with van der Waals surface area (Å²) >= 11 is 0. The van der Waals surface area contributed by atoms with Crippen LogP contribution in [0.1, 0.15) is 34.2 Å². The van der Waals surface area contributed by atoms with Gasteiger partial charge in [0.15, 0.2) is 0 Å². The van der Waals surface area contributed by atoms with Gasteiger partial charge in [-0.1, -0.05) is 12.1 Å². The molecule has 2 heterocycles. The van der Waals surface area contributed by atoms with Gasteiger partial charge < -0.3 is 9.30 Å². The molecule has 1 saturated heterocycles. The summed E-state index contributed by atoms with van der Waals surface area (Å²) in [6.07, 6.45) is 1.39. The number of ether oxygens (including phenoxy) is 1. The number of halogens is 1. The van der Waals surface area contributed by atoms with E-state index in [2.05, 4.69) is 5.32 Å². The number of amides is 4. The van der Waals surface area contributed by atoms with Gasteiger partial charge in [-0.2, -0.15) is 0 Å². The number of anilines is 1. The number of barbiturate groups is 1. The van der Waals surface area contributed by atoms with Crippen molar-refractivity contribution in [3.8, 4) is 5.69 Å². The summed E-state index contributed by atoms with van der Waals surface area (Å²) in [5, 5.41) is 2.13. The third kappa shape index (κ3) is 4.48. The Hall–Kier alpha value is -4.53. The van der Waals surface area contributed by atoms with E-state index >= 15 is 0 Å². The van der Waals surface area contributed by atoms with E-state index in [-0.39, 0.29) is 17.9 Å². The molecule has 35 heavy (non-hydrogen) atoms. The number of nitrogens with one attached hydrogen (secondary N) is 1. The Labute approximate surface area is 200 Å². The Morgan fingerprint density at radius 3 is 2.46 bits per heavy atom. The second kappa shape index (κ2) is 9.38. The molecule has 0 saturated carbocycles. The number of nitrogens with zero attached hydrogens (tertiary/aromatic N) is 2. The van der Waals surface area contributed by atoms with E-state index in [4.69, 9.17) is 4.74 Å². The topological polar surface area (TPSA) is 97.7 Å². The minimum absolute atomic E-state index is 0.00662. The molecule has 1 aliphatic rings. The Bertz CT molecular complexity index is 1410. The molecule has 4 amide bonds. The fourth-order valence-corrected chi connectivity index (χ4v) is 3.98. The maximum Gasteiger partial charge on any atom is 0.338 e. The Kier molecular flexibility index (Phi) is 6.33. The minimum atomic E-state index is -0.955. The molecule has 1 aliphatic heterocycles. The van der Waals surface area contributed by atoms with Crippen LogP contribution in [-0.2, 0) is 14.3 Å². The van der Waals surface area contributed by atoms with Crippen LogP contribution < -0.4 is 10.2 Å². The van der Waals surface area contributed by atoms with Gasteiger partial charge in [-0.25, -0.2) is 18.9 Å². The second-order valence-corrected chi connectivity index (χ2v) is 7.87. The van der Waals surface area contributed by atoms with E-state index in [9.17, 15) is 23.6 Å². The maximum atomic E-state index is 13.7. The average molecular weight is 475 g/mol. The van der Waals surface area contributed by atoms with Gasteiger partial charge in [0.1, 0.15) is 11.4 Å². The number of esters is 1. The van der Waals surface area contributed by atoms with Crippen LogP contribution in [-0.4, -0.2) is 35.0 Å². The van der Waals surface area contributed by atoms with Gasteiger partial charge in [-0.3, -0.25) is 14.9 Å². The molecule has 178 valence electrons. The van der Waals surface area contributed by atoms with E-state index in [1.54, 1.807) is 38.1 Å². The van der Waals surface area contributed by atoms with Crippen molar-refractivity contribution in [1.82, 2.24) is 9.88 Å². The van der Waals surface area contributed by atoms with E-state index in [1.165, 1.54) is 24.3 Å². The summed E-state index contributed by atoms with van der Waals surface area (Å²) in [7, 11) is 0. The van der Waals surface area contributed by atoms with Crippen LogP contribution in [0.5, 0.6) is 0 Å². The smallest absolute Gasteiger partial charge is 0.338 e. The van der Waals surface area contributed by atoms with Crippen LogP contribution in [0, 0.1) is 19.7 Å². The minimum Gasteiger partial charge on any atom is -0.462 e. The van der Waals surface area contributed by atoms with Crippen molar-refractivity contribution in [3.63, 3.8) is 0 Å².